The molecule has 0 aliphatic carbocycles. The molecule has 9 nitrogen and oxygen atoms in total. The van der Waals surface area contributed by atoms with Crippen molar-refractivity contribution in [3.05, 3.63) is 29.8 Å². The zero-order valence-electron chi connectivity index (χ0n) is 14.2. The number of rotatable bonds is 4. The summed E-state index contributed by atoms with van der Waals surface area (Å²) < 4.78 is 38.8. The minimum atomic E-state index is -2.72. The maximum atomic E-state index is 13.3. The van der Waals surface area contributed by atoms with Crippen molar-refractivity contribution >= 4 is 11.6 Å². The molecule has 1 aliphatic rings. The molecule has 0 N–H and O–H groups in total. The Balaban J connectivity index is 1.78. The summed E-state index contributed by atoms with van der Waals surface area (Å²) in [6.07, 6.45) is -1.44. The lowest BCUT2D eigenvalue weighted by Gasteiger charge is -2.35. The van der Waals surface area contributed by atoms with Gasteiger partial charge in [0.2, 0.25) is 5.89 Å². The maximum absolute atomic E-state index is 13.3. The third-order valence-corrected chi connectivity index (χ3v) is 4.15. The van der Waals surface area contributed by atoms with Gasteiger partial charge in [0.1, 0.15) is 23.9 Å². The Kier molecular flexibility index (Phi) is 4.23. The zero-order valence-corrected chi connectivity index (χ0v) is 14.2. The molecule has 11 heteroatoms. The second-order valence-electron chi connectivity index (χ2n) is 6.24. The van der Waals surface area contributed by atoms with Crippen molar-refractivity contribution in [1.29, 1.82) is 0 Å². The Bertz CT molecular complexity index is 910. The minimum absolute atomic E-state index is 0.0857. The normalized spacial score (nSPS) is 18.4. The third-order valence-electron chi connectivity index (χ3n) is 4.15. The van der Waals surface area contributed by atoms with E-state index >= 15 is 0 Å². The van der Waals surface area contributed by atoms with E-state index in [1.165, 1.54) is 16.9 Å². The molecule has 138 valence electrons. The fourth-order valence-electron chi connectivity index (χ4n) is 2.84. The molecule has 1 unspecified atom stereocenters. The van der Waals surface area contributed by atoms with Gasteiger partial charge in [-0.15, -0.1) is 0 Å². The molecule has 1 saturated heterocycles. The smallest absolute Gasteiger partial charge is 0.280 e. The van der Waals surface area contributed by atoms with Crippen molar-refractivity contribution in [2.24, 2.45) is 0 Å². The van der Waals surface area contributed by atoms with Gasteiger partial charge < -0.3 is 14.2 Å². The van der Waals surface area contributed by atoms with Crippen LogP contribution in [-0.4, -0.2) is 49.5 Å². The van der Waals surface area contributed by atoms with Crippen LogP contribution in [0.15, 0.2) is 16.9 Å². The molecule has 0 spiro atoms. The summed E-state index contributed by atoms with van der Waals surface area (Å²) >= 11 is 0. The van der Waals surface area contributed by atoms with Gasteiger partial charge >= 0.3 is 0 Å². The molecular formula is C15H17F2N7O2. The van der Waals surface area contributed by atoms with Crippen LogP contribution >= 0.6 is 0 Å². The van der Waals surface area contributed by atoms with Crippen LogP contribution in [0.2, 0.25) is 0 Å². The predicted molar refractivity (Wildman–Crippen MR) is 85.0 cm³/mol. The molecule has 0 bridgehead atoms. The van der Waals surface area contributed by atoms with Crippen LogP contribution in [0.3, 0.4) is 0 Å². The number of aromatic nitrogens is 6. The second-order valence-corrected chi connectivity index (χ2v) is 6.24. The molecule has 26 heavy (non-hydrogen) atoms. The highest BCUT2D eigenvalue weighted by atomic mass is 19.3. The Morgan fingerprint density at radius 2 is 2.12 bits per heavy atom. The van der Waals surface area contributed by atoms with Crippen molar-refractivity contribution in [3.63, 3.8) is 0 Å². The van der Waals surface area contributed by atoms with E-state index in [0.717, 1.165) is 0 Å². The molecule has 3 aromatic heterocycles. The molecule has 3 aromatic rings. The Morgan fingerprint density at radius 1 is 1.27 bits per heavy atom. The summed E-state index contributed by atoms with van der Waals surface area (Å²) in [5, 5.41) is 8.15. The SMILES string of the molecule is CC(C)c1nc(C2COCCN2c2cc(C(F)F)nc3ncnn23)no1. The van der Waals surface area contributed by atoms with Gasteiger partial charge in [0, 0.05) is 18.5 Å². The zero-order chi connectivity index (χ0) is 18.3. The first-order valence-electron chi connectivity index (χ1n) is 8.21. The first kappa shape index (κ1) is 16.8. The molecule has 0 radical (unpaired) electrons. The largest absolute Gasteiger partial charge is 0.377 e. The molecule has 1 atom stereocenters. The third kappa shape index (κ3) is 2.87. The van der Waals surface area contributed by atoms with Crippen LogP contribution in [0.5, 0.6) is 0 Å². The van der Waals surface area contributed by atoms with Gasteiger partial charge in [0.05, 0.1) is 13.2 Å². The van der Waals surface area contributed by atoms with E-state index in [4.69, 9.17) is 9.26 Å². The summed E-state index contributed by atoms with van der Waals surface area (Å²) in [6.45, 7) is 5.09. The summed E-state index contributed by atoms with van der Waals surface area (Å²) in [5.74, 6) is 1.59. The van der Waals surface area contributed by atoms with Crippen LogP contribution in [-0.2, 0) is 4.74 Å². The van der Waals surface area contributed by atoms with E-state index in [0.29, 0.717) is 37.3 Å². The van der Waals surface area contributed by atoms with Crippen LogP contribution in [0.1, 0.15) is 49.6 Å². The molecule has 1 fully saturated rings. The summed E-state index contributed by atoms with van der Waals surface area (Å²) in [4.78, 5) is 14.1. The molecule has 0 saturated carbocycles. The van der Waals surface area contributed by atoms with Gasteiger partial charge in [-0.3, -0.25) is 0 Å². The van der Waals surface area contributed by atoms with E-state index in [1.54, 1.807) is 0 Å². The maximum Gasteiger partial charge on any atom is 0.280 e. The number of halogens is 2. The highest BCUT2D eigenvalue weighted by molar-refractivity contribution is 5.49. The number of hydrogen-bond acceptors (Lipinski definition) is 8. The lowest BCUT2D eigenvalue weighted by Crippen LogP contribution is -2.41. The van der Waals surface area contributed by atoms with Crippen molar-refractivity contribution in [1.82, 2.24) is 29.7 Å². The van der Waals surface area contributed by atoms with Crippen molar-refractivity contribution in [3.8, 4) is 0 Å². The molecule has 4 heterocycles. The minimum Gasteiger partial charge on any atom is -0.377 e. The molecule has 1 aliphatic heterocycles. The van der Waals surface area contributed by atoms with Gasteiger partial charge in [-0.25, -0.2) is 13.8 Å². The fourth-order valence-corrected chi connectivity index (χ4v) is 2.84. The van der Waals surface area contributed by atoms with Crippen LogP contribution in [0.25, 0.3) is 5.78 Å². The lowest BCUT2D eigenvalue weighted by molar-refractivity contribution is 0.0902. The lowest BCUT2D eigenvalue weighted by atomic mass is 10.2. The molecule has 0 aromatic carbocycles. The average molecular weight is 365 g/mol. The number of nitrogens with zero attached hydrogens (tertiary/aromatic N) is 7. The highest BCUT2D eigenvalue weighted by Crippen LogP contribution is 2.31. The molecular weight excluding hydrogens is 348 g/mol. The molecule has 0 amide bonds. The summed E-state index contributed by atoms with van der Waals surface area (Å²) in [7, 11) is 0. The van der Waals surface area contributed by atoms with E-state index in [2.05, 4.69) is 25.2 Å². The van der Waals surface area contributed by atoms with E-state index in [9.17, 15) is 8.78 Å². The number of hydrogen-bond donors (Lipinski definition) is 0. The quantitative estimate of drug-likeness (QED) is 0.694. The van der Waals surface area contributed by atoms with Crippen molar-refractivity contribution < 1.29 is 18.0 Å². The predicted octanol–water partition coefficient (Wildman–Crippen LogP) is 2.15. The number of alkyl halides is 2. The Hall–Kier alpha value is -2.69. The second kappa shape index (κ2) is 6.56. The highest BCUT2D eigenvalue weighted by Gasteiger charge is 2.32. The average Bonchev–Trinajstić information content (AvgIpc) is 3.30. The number of morpholine rings is 1. The fraction of sp³-hybridized carbons (Fsp3) is 0.533. The van der Waals surface area contributed by atoms with Gasteiger partial charge in [-0.05, 0) is 0 Å². The van der Waals surface area contributed by atoms with Gasteiger partial charge in [0.25, 0.3) is 12.2 Å². The van der Waals surface area contributed by atoms with E-state index in [-0.39, 0.29) is 23.4 Å². The topological polar surface area (TPSA) is 94.5 Å². The standard InChI is InChI=1S/C15H17F2N7O2/c1-8(2)14-21-13(22-26-14)10-6-25-4-3-23(10)11-5-9(12(16)17)20-15-18-7-19-24(11)15/h5,7-8,10,12H,3-4,6H2,1-2H3. The molecule has 4 rings (SSSR count). The van der Waals surface area contributed by atoms with Gasteiger partial charge in [-0.1, -0.05) is 19.0 Å². The van der Waals surface area contributed by atoms with Crippen molar-refractivity contribution in [2.45, 2.75) is 32.2 Å². The van der Waals surface area contributed by atoms with E-state index in [1.807, 2.05) is 18.7 Å². The number of anilines is 1. The monoisotopic (exact) mass is 365 g/mol. The van der Waals surface area contributed by atoms with E-state index < -0.39 is 6.43 Å². The first-order valence-corrected chi connectivity index (χ1v) is 8.21. The number of fused-ring (bicyclic) bond motifs is 1. The van der Waals surface area contributed by atoms with Gasteiger partial charge in [-0.2, -0.15) is 19.6 Å². The van der Waals surface area contributed by atoms with Crippen LogP contribution < -0.4 is 4.90 Å². The summed E-state index contributed by atoms with van der Waals surface area (Å²) in [6, 6.07) is 0.925. The Morgan fingerprint density at radius 3 is 2.85 bits per heavy atom. The Labute approximate surface area is 147 Å². The van der Waals surface area contributed by atoms with Crippen molar-refractivity contribution in [2.75, 3.05) is 24.7 Å². The number of ether oxygens (including phenoxy) is 1. The van der Waals surface area contributed by atoms with Crippen LogP contribution in [0.4, 0.5) is 14.6 Å². The van der Waals surface area contributed by atoms with Crippen LogP contribution in [0, 0.1) is 0 Å². The first-order chi connectivity index (χ1) is 12.5. The summed E-state index contributed by atoms with van der Waals surface area (Å²) in [5.41, 5.74) is -0.360. The van der Waals surface area contributed by atoms with Gasteiger partial charge in [0.15, 0.2) is 5.82 Å².